The van der Waals surface area contributed by atoms with Gasteiger partial charge in [-0.25, -0.2) is 4.39 Å². The Morgan fingerprint density at radius 1 is 1.32 bits per heavy atom. The van der Waals surface area contributed by atoms with E-state index >= 15 is 0 Å². The highest BCUT2D eigenvalue weighted by Gasteiger charge is 2.03. The van der Waals surface area contributed by atoms with Crippen LogP contribution in [-0.4, -0.2) is 32.1 Å². The predicted octanol–water partition coefficient (Wildman–Crippen LogP) is 1.71. The smallest absolute Gasteiger partial charge is 0.220 e. The summed E-state index contributed by atoms with van der Waals surface area (Å²) in [7, 11) is 0. The SMILES string of the molecule is CCNCCNC(=O)CCCOc1ccccc1F. The lowest BCUT2D eigenvalue weighted by Crippen LogP contribution is -2.31. The van der Waals surface area contributed by atoms with Crippen molar-refractivity contribution in [2.75, 3.05) is 26.2 Å². The zero-order valence-corrected chi connectivity index (χ0v) is 11.2. The number of amides is 1. The predicted molar refractivity (Wildman–Crippen MR) is 72.7 cm³/mol. The van der Waals surface area contributed by atoms with Crippen LogP contribution in [0.2, 0.25) is 0 Å². The molecule has 1 amide bonds. The monoisotopic (exact) mass is 268 g/mol. The summed E-state index contributed by atoms with van der Waals surface area (Å²) in [4.78, 5) is 11.4. The van der Waals surface area contributed by atoms with Crippen molar-refractivity contribution >= 4 is 5.91 Å². The third-order valence-corrected chi connectivity index (χ3v) is 2.52. The summed E-state index contributed by atoms with van der Waals surface area (Å²) in [6, 6.07) is 6.25. The first-order chi connectivity index (χ1) is 9.24. The summed E-state index contributed by atoms with van der Waals surface area (Å²) in [5, 5.41) is 5.91. The average Bonchev–Trinajstić information content (AvgIpc) is 2.41. The van der Waals surface area contributed by atoms with E-state index in [-0.39, 0.29) is 17.5 Å². The first-order valence-electron chi connectivity index (χ1n) is 6.58. The maximum Gasteiger partial charge on any atom is 0.220 e. The fraction of sp³-hybridized carbons (Fsp3) is 0.500. The van der Waals surface area contributed by atoms with Crippen molar-refractivity contribution in [3.8, 4) is 5.75 Å². The van der Waals surface area contributed by atoms with Crippen molar-refractivity contribution in [2.45, 2.75) is 19.8 Å². The van der Waals surface area contributed by atoms with Gasteiger partial charge in [-0.05, 0) is 25.1 Å². The van der Waals surface area contributed by atoms with E-state index in [1.807, 2.05) is 6.92 Å². The van der Waals surface area contributed by atoms with Crippen LogP contribution < -0.4 is 15.4 Å². The molecule has 0 atom stereocenters. The largest absolute Gasteiger partial charge is 0.491 e. The van der Waals surface area contributed by atoms with E-state index in [4.69, 9.17) is 4.74 Å². The van der Waals surface area contributed by atoms with Gasteiger partial charge in [0.15, 0.2) is 11.6 Å². The molecule has 1 rings (SSSR count). The maximum atomic E-state index is 13.2. The van der Waals surface area contributed by atoms with Crippen LogP contribution in [0.25, 0.3) is 0 Å². The van der Waals surface area contributed by atoms with E-state index in [1.165, 1.54) is 6.07 Å². The van der Waals surface area contributed by atoms with Gasteiger partial charge in [0.05, 0.1) is 6.61 Å². The number of hydrogen-bond donors (Lipinski definition) is 2. The van der Waals surface area contributed by atoms with E-state index in [1.54, 1.807) is 18.2 Å². The minimum Gasteiger partial charge on any atom is -0.491 e. The Labute approximate surface area is 113 Å². The fourth-order valence-electron chi connectivity index (χ4n) is 1.53. The Bertz CT molecular complexity index is 385. The Balaban J connectivity index is 2.07. The molecule has 0 fully saturated rings. The highest BCUT2D eigenvalue weighted by atomic mass is 19.1. The number of ether oxygens (including phenoxy) is 1. The third-order valence-electron chi connectivity index (χ3n) is 2.52. The molecule has 0 saturated carbocycles. The number of carbonyl (C=O) groups is 1. The summed E-state index contributed by atoms with van der Waals surface area (Å²) >= 11 is 0. The number of benzene rings is 1. The molecular formula is C14H21FN2O2. The number of nitrogens with one attached hydrogen (secondary N) is 2. The summed E-state index contributed by atoms with van der Waals surface area (Å²) in [5.41, 5.74) is 0. The Morgan fingerprint density at radius 2 is 2.11 bits per heavy atom. The number of carbonyl (C=O) groups excluding carboxylic acids is 1. The van der Waals surface area contributed by atoms with E-state index in [2.05, 4.69) is 10.6 Å². The van der Waals surface area contributed by atoms with Crippen LogP contribution in [0.5, 0.6) is 5.75 Å². The maximum absolute atomic E-state index is 13.2. The van der Waals surface area contributed by atoms with Gasteiger partial charge in [0.25, 0.3) is 0 Å². The molecule has 4 nitrogen and oxygen atoms in total. The molecule has 0 aliphatic heterocycles. The summed E-state index contributed by atoms with van der Waals surface area (Å²) in [6.07, 6.45) is 0.960. The lowest BCUT2D eigenvalue weighted by molar-refractivity contribution is -0.121. The van der Waals surface area contributed by atoms with Gasteiger partial charge in [-0.2, -0.15) is 0 Å². The molecule has 0 saturated heterocycles. The standard InChI is InChI=1S/C14H21FN2O2/c1-2-16-9-10-17-14(18)8-5-11-19-13-7-4-3-6-12(13)15/h3-4,6-7,16H,2,5,8-11H2,1H3,(H,17,18). The van der Waals surface area contributed by atoms with E-state index in [9.17, 15) is 9.18 Å². The van der Waals surface area contributed by atoms with E-state index in [0.29, 0.717) is 26.0 Å². The van der Waals surface area contributed by atoms with Gasteiger partial charge in [-0.15, -0.1) is 0 Å². The van der Waals surface area contributed by atoms with E-state index < -0.39 is 0 Å². The highest BCUT2D eigenvalue weighted by molar-refractivity contribution is 5.75. The number of para-hydroxylation sites is 1. The second-order valence-electron chi connectivity index (χ2n) is 4.09. The van der Waals surface area contributed by atoms with Crippen LogP contribution in [0.1, 0.15) is 19.8 Å². The van der Waals surface area contributed by atoms with Crippen LogP contribution in [-0.2, 0) is 4.79 Å². The minimum atomic E-state index is -0.377. The molecule has 0 radical (unpaired) electrons. The zero-order valence-electron chi connectivity index (χ0n) is 11.2. The van der Waals surface area contributed by atoms with Crippen molar-refractivity contribution < 1.29 is 13.9 Å². The molecule has 0 spiro atoms. The fourth-order valence-corrected chi connectivity index (χ4v) is 1.53. The lowest BCUT2D eigenvalue weighted by Gasteiger charge is -2.07. The van der Waals surface area contributed by atoms with Crippen molar-refractivity contribution in [2.24, 2.45) is 0 Å². The zero-order chi connectivity index (χ0) is 13.9. The highest BCUT2D eigenvalue weighted by Crippen LogP contribution is 2.15. The number of hydrogen-bond acceptors (Lipinski definition) is 3. The molecule has 106 valence electrons. The second kappa shape index (κ2) is 9.33. The molecule has 19 heavy (non-hydrogen) atoms. The van der Waals surface area contributed by atoms with Crippen LogP contribution in [0.3, 0.4) is 0 Å². The lowest BCUT2D eigenvalue weighted by atomic mass is 10.3. The molecule has 0 aliphatic carbocycles. The second-order valence-corrected chi connectivity index (χ2v) is 4.09. The quantitative estimate of drug-likeness (QED) is 0.670. The van der Waals surface area contributed by atoms with Crippen molar-refractivity contribution in [3.63, 3.8) is 0 Å². The first kappa shape index (κ1) is 15.4. The van der Waals surface area contributed by atoms with Crippen molar-refractivity contribution in [1.82, 2.24) is 10.6 Å². The topological polar surface area (TPSA) is 50.4 Å². The van der Waals surface area contributed by atoms with Gasteiger partial charge in [0.1, 0.15) is 0 Å². The number of likely N-dealkylation sites (N-methyl/N-ethyl adjacent to an activating group) is 1. The molecule has 0 unspecified atom stereocenters. The van der Waals surface area contributed by atoms with Gasteiger partial charge < -0.3 is 15.4 Å². The average molecular weight is 268 g/mol. The molecule has 0 aliphatic rings. The van der Waals surface area contributed by atoms with Crippen molar-refractivity contribution in [3.05, 3.63) is 30.1 Å². The van der Waals surface area contributed by atoms with Gasteiger partial charge >= 0.3 is 0 Å². The molecule has 0 bridgehead atoms. The summed E-state index contributed by atoms with van der Waals surface area (Å²) < 4.78 is 18.5. The summed E-state index contributed by atoms with van der Waals surface area (Å²) in [5.74, 6) is -0.150. The van der Waals surface area contributed by atoms with E-state index in [0.717, 1.165) is 13.1 Å². The minimum absolute atomic E-state index is 0.00460. The van der Waals surface area contributed by atoms with Crippen LogP contribution in [0.15, 0.2) is 24.3 Å². The Morgan fingerprint density at radius 3 is 2.84 bits per heavy atom. The molecule has 1 aromatic carbocycles. The number of halogens is 1. The normalized spacial score (nSPS) is 10.2. The number of rotatable bonds is 9. The molecule has 0 aromatic heterocycles. The van der Waals surface area contributed by atoms with Crippen LogP contribution >= 0.6 is 0 Å². The van der Waals surface area contributed by atoms with Gasteiger partial charge in [-0.3, -0.25) is 4.79 Å². The first-order valence-corrected chi connectivity index (χ1v) is 6.58. The third kappa shape index (κ3) is 6.76. The van der Waals surface area contributed by atoms with Gasteiger partial charge in [0.2, 0.25) is 5.91 Å². The van der Waals surface area contributed by atoms with Crippen LogP contribution in [0, 0.1) is 5.82 Å². The van der Waals surface area contributed by atoms with Crippen molar-refractivity contribution in [1.29, 1.82) is 0 Å². The van der Waals surface area contributed by atoms with Crippen LogP contribution in [0.4, 0.5) is 4.39 Å². The van der Waals surface area contributed by atoms with Gasteiger partial charge in [-0.1, -0.05) is 19.1 Å². The Kier molecular flexibility index (Phi) is 7.58. The Hall–Kier alpha value is -1.62. The molecule has 2 N–H and O–H groups in total. The molecule has 0 heterocycles. The molecule has 5 heteroatoms. The van der Waals surface area contributed by atoms with Gasteiger partial charge in [0, 0.05) is 19.5 Å². The summed E-state index contributed by atoms with van der Waals surface area (Å²) in [6.45, 7) is 4.64. The molecule has 1 aromatic rings. The molecular weight excluding hydrogens is 247 g/mol.